The average molecular weight is 553 g/mol. The van der Waals surface area contributed by atoms with Crippen LogP contribution >= 0.6 is 22.9 Å². The molecule has 1 atom stereocenters. The van der Waals surface area contributed by atoms with Crippen molar-refractivity contribution in [2.24, 2.45) is 0 Å². The summed E-state index contributed by atoms with van der Waals surface area (Å²) < 4.78 is 40.2. The van der Waals surface area contributed by atoms with Gasteiger partial charge < -0.3 is 25.4 Å². The number of rotatable bonds is 5. The molecule has 1 fully saturated rings. The fourth-order valence-corrected chi connectivity index (χ4v) is 4.79. The Bertz CT molecular complexity index is 1300. The van der Waals surface area contributed by atoms with Crippen molar-refractivity contribution in [3.63, 3.8) is 0 Å². The van der Waals surface area contributed by atoms with Crippen molar-refractivity contribution in [2.45, 2.75) is 51.7 Å². The Balaban J connectivity index is 1.54. The molecule has 13 heteroatoms. The molecular weight excluding hydrogens is 526 g/mol. The number of nitrogen functional groups attached to an aromatic ring is 1. The molecule has 0 spiro atoms. The van der Waals surface area contributed by atoms with Crippen LogP contribution in [0.1, 0.15) is 32.2 Å². The molecule has 198 valence electrons. The number of hydrogen-bond donors (Lipinski definition) is 2. The second kappa shape index (κ2) is 10.3. The Morgan fingerprint density at radius 1 is 1.30 bits per heavy atom. The monoisotopic (exact) mass is 552 g/mol. The predicted molar refractivity (Wildman–Crippen MR) is 139 cm³/mol. The fraction of sp³-hybridized carbons (Fsp3) is 0.417. The first-order valence-corrected chi connectivity index (χ1v) is 12.6. The molecule has 0 unspecified atom stereocenters. The van der Waals surface area contributed by atoms with Crippen molar-refractivity contribution in [1.29, 1.82) is 0 Å². The number of carbonyl (C=O) groups is 1. The number of aromatic nitrogens is 3. The maximum atomic E-state index is 14.5. The number of anilines is 2. The van der Waals surface area contributed by atoms with Gasteiger partial charge in [-0.15, -0.1) is 11.3 Å². The van der Waals surface area contributed by atoms with Gasteiger partial charge in [-0.1, -0.05) is 11.6 Å². The molecule has 0 saturated carbocycles. The molecule has 1 aliphatic rings. The Labute approximate surface area is 222 Å². The molecule has 0 aliphatic carbocycles. The molecule has 1 saturated heterocycles. The van der Waals surface area contributed by atoms with E-state index in [9.17, 15) is 13.6 Å². The van der Waals surface area contributed by atoms with Gasteiger partial charge in [-0.05, 0) is 52.0 Å². The summed E-state index contributed by atoms with van der Waals surface area (Å²) in [4.78, 5) is 27.2. The summed E-state index contributed by atoms with van der Waals surface area (Å²) in [6.45, 7) is 6.17. The van der Waals surface area contributed by atoms with E-state index in [0.717, 1.165) is 9.91 Å². The first-order valence-electron chi connectivity index (χ1n) is 11.4. The molecule has 4 rings (SSSR count). The minimum Gasteiger partial charge on any atom is -0.444 e. The Morgan fingerprint density at radius 2 is 2.05 bits per heavy atom. The van der Waals surface area contributed by atoms with Crippen LogP contribution < -0.4 is 15.8 Å². The Morgan fingerprint density at radius 3 is 2.76 bits per heavy atom. The third-order valence-corrected chi connectivity index (χ3v) is 6.42. The Kier molecular flexibility index (Phi) is 7.43. The van der Waals surface area contributed by atoms with Crippen LogP contribution in [-0.4, -0.2) is 56.6 Å². The van der Waals surface area contributed by atoms with Crippen LogP contribution in [-0.2, 0) is 4.74 Å². The van der Waals surface area contributed by atoms with Crippen LogP contribution in [0.3, 0.4) is 0 Å². The molecule has 0 radical (unpaired) electrons. The third-order valence-electron chi connectivity index (χ3n) is 5.15. The van der Waals surface area contributed by atoms with Gasteiger partial charge in [0.05, 0.1) is 28.3 Å². The minimum absolute atomic E-state index is 0.0156. The van der Waals surface area contributed by atoms with E-state index in [4.69, 9.17) is 26.8 Å². The largest absolute Gasteiger partial charge is 0.444 e. The summed E-state index contributed by atoms with van der Waals surface area (Å²) >= 11 is 7.60. The summed E-state index contributed by atoms with van der Waals surface area (Å²) in [7, 11) is 0. The molecule has 2 aromatic heterocycles. The lowest BCUT2D eigenvalue weighted by Gasteiger charge is -2.38. The highest BCUT2D eigenvalue weighted by Gasteiger charge is 2.43. The zero-order valence-electron chi connectivity index (χ0n) is 20.7. The highest BCUT2D eigenvalue weighted by Crippen LogP contribution is 2.39. The molecule has 9 nitrogen and oxygen atoms in total. The second-order valence-corrected chi connectivity index (χ2v) is 11.3. The summed E-state index contributed by atoms with van der Waals surface area (Å²) in [5.74, 6) is -2.30. The molecule has 0 bridgehead atoms. The number of hydrogen-bond acceptors (Lipinski definition) is 9. The summed E-state index contributed by atoms with van der Waals surface area (Å²) in [5.41, 5.74) is 5.94. The molecule has 1 amide bonds. The maximum absolute atomic E-state index is 14.5. The van der Waals surface area contributed by atoms with Crippen LogP contribution in [0, 0.1) is 6.92 Å². The van der Waals surface area contributed by atoms with Crippen LogP contribution in [0.4, 0.5) is 25.2 Å². The first-order chi connectivity index (χ1) is 17.3. The quantitative estimate of drug-likeness (QED) is 0.371. The van der Waals surface area contributed by atoms with Gasteiger partial charge in [0.15, 0.2) is 0 Å². The second-order valence-electron chi connectivity index (χ2n) is 9.69. The number of piperidine rings is 1. The van der Waals surface area contributed by atoms with Crippen molar-refractivity contribution in [1.82, 2.24) is 19.9 Å². The van der Waals surface area contributed by atoms with Gasteiger partial charge >= 0.3 is 6.09 Å². The molecule has 1 aliphatic heterocycles. The van der Waals surface area contributed by atoms with Gasteiger partial charge in [0.2, 0.25) is 11.8 Å². The molecule has 1 aromatic carbocycles. The fourth-order valence-electron chi connectivity index (χ4n) is 3.74. The van der Waals surface area contributed by atoms with Gasteiger partial charge in [0, 0.05) is 24.8 Å². The zero-order valence-corrected chi connectivity index (χ0v) is 22.3. The van der Waals surface area contributed by atoms with E-state index in [1.54, 1.807) is 45.0 Å². The number of nitrogens with two attached hydrogens (primary N) is 1. The number of halogens is 3. The zero-order chi connectivity index (χ0) is 27.0. The predicted octanol–water partition coefficient (Wildman–Crippen LogP) is 5.99. The molecule has 3 N–H and O–H groups in total. The van der Waals surface area contributed by atoms with E-state index in [1.165, 1.54) is 17.5 Å². The summed E-state index contributed by atoms with van der Waals surface area (Å²) in [6.07, 6.45) is 0.229. The van der Waals surface area contributed by atoms with Crippen LogP contribution in [0.5, 0.6) is 11.6 Å². The van der Waals surface area contributed by atoms with E-state index in [0.29, 0.717) is 32.9 Å². The summed E-state index contributed by atoms with van der Waals surface area (Å²) in [5, 5.41) is 4.00. The average Bonchev–Trinajstić information content (AvgIpc) is 3.14. The van der Waals surface area contributed by atoms with Crippen molar-refractivity contribution >= 4 is 40.7 Å². The normalized spacial score (nSPS) is 17.4. The van der Waals surface area contributed by atoms with Gasteiger partial charge in [-0.3, -0.25) is 0 Å². The number of likely N-dealkylation sites (tertiary alicyclic amines) is 1. The number of nitrogens with zero attached hydrogens (tertiary/aromatic N) is 4. The lowest BCUT2D eigenvalue weighted by atomic mass is 10.0. The highest BCUT2D eigenvalue weighted by atomic mass is 35.5. The number of carbonyl (C=O) groups excluding carboxylic acids is 1. The standard InChI is InChI=1S/C24H27ClF2N6O3S/c1-13-30-20(35-18-6-5-14(28)9-16(18)25)19(37-13)17-7-8-29-21(32-17)31-15-10-24(26,27)12-33(11-15)22(34)36-23(2,3)4/h5-9,15H,10-12,28H2,1-4H3,(H,29,31,32)/t15-/m0/s1. The lowest BCUT2D eigenvalue weighted by Crippen LogP contribution is -2.54. The van der Waals surface area contributed by atoms with E-state index >= 15 is 0 Å². The van der Waals surface area contributed by atoms with Crippen molar-refractivity contribution in [3.05, 3.63) is 40.5 Å². The minimum atomic E-state index is -3.10. The van der Waals surface area contributed by atoms with Crippen LogP contribution in [0.15, 0.2) is 30.5 Å². The van der Waals surface area contributed by atoms with Gasteiger partial charge in [-0.2, -0.15) is 0 Å². The number of ether oxygens (including phenoxy) is 2. The number of aryl methyl sites for hydroxylation is 1. The molecule has 3 heterocycles. The van der Waals surface area contributed by atoms with E-state index in [2.05, 4.69) is 20.3 Å². The van der Waals surface area contributed by atoms with Gasteiger partial charge in [0.25, 0.3) is 5.92 Å². The SMILES string of the molecule is Cc1nc(Oc2ccc(N)cc2Cl)c(-c2ccnc(N[C@@H]3CN(C(=O)OC(C)(C)C)CC(F)(F)C3)n2)s1. The van der Waals surface area contributed by atoms with Gasteiger partial charge in [0.1, 0.15) is 16.2 Å². The maximum Gasteiger partial charge on any atom is 0.410 e. The number of nitrogens with one attached hydrogen (secondary N) is 1. The summed E-state index contributed by atoms with van der Waals surface area (Å²) in [6, 6.07) is 5.75. The van der Waals surface area contributed by atoms with Crippen LogP contribution in [0.2, 0.25) is 5.02 Å². The Hall–Kier alpha value is -3.25. The van der Waals surface area contributed by atoms with Crippen molar-refractivity contribution in [3.8, 4) is 22.2 Å². The third kappa shape index (κ3) is 6.95. The molecule has 3 aromatic rings. The highest BCUT2D eigenvalue weighted by molar-refractivity contribution is 7.15. The smallest absolute Gasteiger partial charge is 0.410 e. The topological polar surface area (TPSA) is 115 Å². The first kappa shape index (κ1) is 26.8. The molecular formula is C24H27ClF2N6O3S. The number of thiazole rings is 1. The lowest BCUT2D eigenvalue weighted by molar-refractivity contribution is -0.0723. The van der Waals surface area contributed by atoms with Gasteiger partial charge in [-0.25, -0.2) is 28.5 Å². The van der Waals surface area contributed by atoms with Crippen molar-refractivity contribution in [2.75, 3.05) is 24.1 Å². The number of benzene rings is 1. The number of amides is 1. The van der Waals surface area contributed by atoms with E-state index in [1.807, 2.05) is 6.92 Å². The van der Waals surface area contributed by atoms with Crippen molar-refractivity contribution < 1.29 is 23.0 Å². The van der Waals surface area contributed by atoms with Crippen LogP contribution in [0.25, 0.3) is 10.6 Å². The van der Waals surface area contributed by atoms with E-state index < -0.39 is 36.6 Å². The number of alkyl halides is 2. The van der Waals surface area contributed by atoms with E-state index in [-0.39, 0.29) is 12.5 Å². The molecule has 37 heavy (non-hydrogen) atoms.